The smallest absolute Gasteiger partial charge is 0.417 e. The van der Waals surface area contributed by atoms with E-state index in [1.807, 2.05) is 0 Å². The molecule has 2 heterocycles. The molecule has 0 saturated carbocycles. The van der Waals surface area contributed by atoms with E-state index >= 15 is 0 Å². The predicted octanol–water partition coefficient (Wildman–Crippen LogP) is 5.73. The van der Waals surface area contributed by atoms with Gasteiger partial charge in [0.1, 0.15) is 10.3 Å². The molecule has 0 saturated heterocycles. The summed E-state index contributed by atoms with van der Waals surface area (Å²) in [5.41, 5.74) is -4.49. The molecule has 0 radical (unpaired) electrons. The van der Waals surface area contributed by atoms with Crippen molar-refractivity contribution in [1.82, 2.24) is 15.3 Å². The first-order valence-corrected chi connectivity index (χ1v) is 9.10. The number of carboxylic acid groups (broad SMARTS) is 1. The first-order valence-electron chi connectivity index (χ1n) is 8.34. The number of hydrogen-bond donors (Lipinski definition) is 2. The van der Waals surface area contributed by atoms with Crippen LogP contribution in [0.3, 0.4) is 0 Å². The summed E-state index contributed by atoms with van der Waals surface area (Å²) in [6, 6.07) is 1.12. The maximum Gasteiger partial charge on any atom is 0.417 e. The third-order valence-corrected chi connectivity index (χ3v) is 3.73. The summed E-state index contributed by atoms with van der Waals surface area (Å²) in [7, 11) is 0. The van der Waals surface area contributed by atoms with Gasteiger partial charge >= 0.3 is 18.3 Å². The number of carbonyl (C=O) groups excluding carboxylic acids is 1. The molecule has 0 aromatic carbocycles. The molecule has 0 spiro atoms. The maximum absolute atomic E-state index is 12.8. The van der Waals surface area contributed by atoms with Crippen LogP contribution in [0.15, 0.2) is 24.5 Å². The SMILES string of the molecule is CC(C)(C)NC(=O)c1cnc(Cl)cc1C(F)(F)F.O=C(O)c1cnc(Cl)cc1C(F)(F)F. The zero-order chi connectivity index (χ0) is 25.1. The Morgan fingerprint density at radius 2 is 1.22 bits per heavy atom. The van der Waals surface area contributed by atoms with E-state index in [4.69, 9.17) is 28.3 Å². The van der Waals surface area contributed by atoms with Gasteiger partial charge < -0.3 is 10.4 Å². The number of aromatic nitrogens is 2. The fourth-order valence-corrected chi connectivity index (χ4v) is 2.40. The van der Waals surface area contributed by atoms with E-state index in [0.717, 1.165) is 6.20 Å². The first-order chi connectivity index (χ1) is 14.3. The second-order valence-electron chi connectivity index (χ2n) is 7.11. The van der Waals surface area contributed by atoms with E-state index in [9.17, 15) is 35.9 Å². The summed E-state index contributed by atoms with van der Waals surface area (Å²) >= 11 is 10.6. The minimum Gasteiger partial charge on any atom is -0.478 e. The van der Waals surface area contributed by atoms with E-state index in [0.29, 0.717) is 18.3 Å². The molecule has 0 aliphatic heterocycles. The molecular formula is C18H15Cl2F6N3O3. The van der Waals surface area contributed by atoms with Gasteiger partial charge in [-0.3, -0.25) is 4.79 Å². The molecule has 2 aromatic heterocycles. The average Bonchev–Trinajstić information content (AvgIpc) is 2.58. The average molecular weight is 506 g/mol. The molecule has 6 nitrogen and oxygen atoms in total. The highest BCUT2D eigenvalue weighted by Crippen LogP contribution is 2.34. The molecule has 176 valence electrons. The molecule has 2 N–H and O–H groups in total. The molecule has 1 amide bonds. The van der Waals surface area contributed by atoms with Crippen molar-refractivity contribution in [2.75, 3.05) is 0 Å². The Kier molecular flexibility index (Phi) is 8.49. The lowest BCUT2D eigenvalue weighted by molar-refractivity contribution is -0.138. The monoisotopic (exact) mass is 505 g/mol. The highest BCUT2D eigenvalue weighted by molar-refractivity contribution is 6.29. The van der Waals surface area contributed by atoms with Crippen LogP contribution in [0.4, 0.5) is 26.3 Å². The highest BCUT2D eigenvalue weighted by Gasteiger charge is 2.37. The number of carbonyl (C=O) groups is 2. The molecule has 32 heavy (non-hydrogen) atoms. The summed E-state index contributed by atoms with van der Waals surface area (Å²) in [6.07, 6.45) is -8.00. The number of halogens is 8. The zero-order valence-electron chi connectivity index (χ0n) is 16.5. The molecule has 2 rings (SSSR count). The molecule has 14 heteroatoms. The van der Waals surface area contributed by atoms with Crippen LogP contribution in [-0.2, 0) is 12.4 Å². The van der Waals surface area contributed by atoms with Crippen LogP contribution in [0, 0.1) is 0 Å². The predicted molar refractivity (Wildman–Crippen MR) is 103 cm³/mol. The van der Waals surface area contributed by atoms with Crippen molar-refractivity contribution >= 4 is 35.1 Å². The number of nitrogens with zero attached hydrogens (tertiary/aromatic N) is 2. The van der Waals surface area contributed by atoms with E-state index < -0.39 is 57.2 Å². The number of rotatable bonds is 2. The molecule has 0 aliphatic rings. The van der Waals surface area contributed by atoms with E-state index in [1.165, 1.54) is 0 Å². The van der Waals surface area contributed by atoms with E-state index in [2.05, 4.69) is 15.3 Å². The molecule has 0 unspecified atom stereocenters. The Bertz CT molecular complexity index is 1000. The highest BCUT2D eigenvalue weighted by atomic mass is 35.5. The third-order valence-electron chi connectivity index (χ3n) is 3.32. The summed E-state index contributed by atoms with van der Waals surface area (Å²) in [4.78, 5) is 28.9. The Morgan fingerprint density at radius 1 is 0.844 bits per heavy atom. The van der Waals surface area contributed by atoms with Crippen LogP contribution in [0.2, 0.25) is 10.3 Å². The van der Waals surface area contributed by atoms with Crippen molar-refractivity contribution in [2.24, 2.45) is 0 Å². The van der Waals surface area contributed by atoms with Gasteiger partial charge in [-0.2, -0.15) is 26.3 Å². The largest absolute Gasteiger partial charge is 0.478 e. The van der Waals surface area contributed by atoms with Gasteiger partial charge in [-0.15, -0.1) is 0 Å². The topological polar surface area (TPSA) is 92.2 Å². The van der Waals surface area contributed by atoms with Crippen LogP contribution in [0.25, 0.3) is 0 Å². The minimum atomic E-state index is -4.75. The Labute approximate surface area is 187 Å². The van der Waals surface area contributed by atoms with Crippen LogP contribution >= 0.6 is 23.2 Å². The molecule has 0 atom stereocenters. The molecule has 0 bridgehead atoms. The van der Waals surface area contributed by atoms with E-state index in [1.54, 1.807) is 20.8 Å². The summed E-state index contributed by atoms with van der Waals surface area (Å²) in [6.45, 7) is 5.00. The van der Waals surface area contributed by atoms with Gasteiger partial charge in [0, 0.05) is 17.9 Å². The number of nitrogens with one attached hydrogen (secondary N) is 1. The molecule has 0 aliphatic carbocycles. The fraction of sp³-hybridized carbons (Fsp3) is 0.333. The number of pyridine rings is 2. The summed E-state index contributed by atoms with van der Waals surface area (Å²) in [5, 5.41) is 10.2. The second-order valence-corrected chi connectivity index (χ2v) is 7.88. The molecule has 2 aromatic rings. The fourth-order valence-electron chi connectivity index (χ4n) is 2.09. The van der Waals surface area contributed by atoms with Crippen molar-refractivity contribution in [1.29, 1.82) is 0 Å². The van der Waals surface area contributed by atoms with Crippen molar-refractivity contribution < 1.29 is 41.0 Å². The quantitative estimate of drug-likeness (QED) is 0.401. The first kappa shape index (κ1) is 27.4. The van der Waals surface area contributed by atoms with Crippen molar-refractivity contribution in [2.45, 2.75) is 38.7 Å². The molecular weight excluding hydrogens is 491 g/mol. The van der Waals surface area contributed by atoms with Crippen molar-refractivity contribution in [3.63, 3.8) is 0 Å². The summed E-state index contributed by atoms with van der Waals surface area (Å²) < 4.78 is 75.0. The van der Waals surface area contributed by atoms with E-state index in [-0.39, 0.29) is 5.15 Å². The van der Waals surface area contributed by atoms with Crippen LogP contribution in [-0.4, -0.2) is 32.5 Å². The van der Waals surface area contributed by atoms with Crippen molar-refractivity contribution in [3.05, 3.63) is 57.1 Å². The van der Waals surface area contributed by atoms with Gasteiger partial charge in [-0.25, -0.2) is 14.8 Å². The number of hydrogen-bond acceptors (Lipinski definition) is 4. The lowest BCUT2D eigenvalue weighted by Crippen LogP contribution is -2.41. The summed E-state index contributed by atoms with van der Waals surface area (Å²) in [5.74, 6) is -2.53. The number of alkyl halides is 6. The van der Waals surface area contributed by atoms with Gasteiger partial charge in [-0.05, 0) is 32.9 Å². The lowest BCUT2D eigenvalue weighted by Gasteiger charge is -2.21. The van der Waals surface area contributed by atoms with Crippen LogP contribution in [0.5, 0.6) is 0 Å². The second kappa shape index (κ2) is 9.90. The van der Waals surface area contributed by atoms with Gasteiger partial charge in [0.15, 0.2) is 0 Å². The van der Waals surface area contributed by atoms with Gasteiger partial charge in [0.05, 0.1) is 22.3 Å². The number of carboxylic acids is 1. The minimum absolute atomic E-state index is 0.311. The Balaban J connectivity index is 0.000000330. The lowest BCUT2D eigenvalue weighted by atomic mass is 10.1. The molecule has 0 fully saturated rings. The number of amides is 1. The van der Waals surface area contributed by atoms with Gasteiger partial charge in [0.25, 0.3) is 5.91 Å². The third kappa shape index (κ3) is 8.15. The maximum atomic E-state index is 12.8. The van der Waals surface area contributed by atoms with Crippen LogP contribution in [0.1, 0.15) is 52.6 Å². The zero-order valence-corrected chi connectivity index (χ0v) is 18.0. The van der Waals surface area contributed by atoms with Crippen LogP contribution < -0.4 is 5.32 Å². The van der Waals surface area contributed by atoms with Crippen molar-refractivity contribution in [3.8, 4) is 0 Å². The van der Waals surface area contributed by atoms with Gasteiger partial charge in [-0.1, -0.05) is 23.2 Å². The Hall–Kier alpha value is -2.60. The normalized spacial score (nSPS) is 12.0. The van der Waals surface area contributed by atoms with Gasteiger partial charge in [0.2, 0.25) is 0 Å². The Morgan fingerprint density at radius 3 is 1.56 bits per heavy atom. The number of aromatic carboxylic acids is 1. The standard InChI is InChI=1S/C11H12ClF3N2O.C7H3ClF3NO2/c1-10(2,3)17-9(18)6-5-16-8(12)4-7(6)11(13,14)15;8-5-1-4(7(9,10)11)3(2-12-5)6(13)14/h4-5H,1-3H3,(H,17,18);1-2H,(H,13,14).